The van der Waals surface area contributed by atoms with Gasteiger partial charge in [-0.25, -0.2) is 0 Å². The fourth-order valence-corrected chi connectivity index (χ4v) is 3.51. The van der Waals surface area contributed by atoms with Crippen LogP contribution in [0.4, 0.5) is 0 Å². The molecule has 122 valence electrons. The summed E-state index contributed by atoms with van der Waals surface area (Å²) in [4.78, 5) is 0. The largest absolute Gasteiger partial charge is 0.381 e. The van der Waals surface area contributed by atoms with Gasteiger partial charge in [-0.2, -0.15) is 0 Å². The van der Waals surface area contributed by atoms with Crippen LogP contribution in [0.1, 0.15) is 36.8 Å². The van der Waals surface area contributed by atoms with E-state index < -0.39 is 0 Å². The van der Waals surface area contributed by atoms with Gasteiger partial charge in [0.05, 0.1) is 0 Å². The van der Waals surface area contributed by atoms with Gasteiger partial charge in [-0.15, -0.1) is 0 Å². The SMILES string of the molecule is CC(NCC1CCOCC1)C(c1ccccc1)c1ccccc1. The van der Waals surface area contributed by atoms with Crippen molar-refractivity contribution >= 4 is 0 Å². The molecule has 2 aromatic rings. The molecule has 3 rings (SSSR count). The lowest BCUT2D eigenvalue weighted by atomic mass is 9.85. The van der Waals surface area contributed by atoms with E-state index in [1.807, 2.05) is 0 Å². The molecule has 1 saturated heterocycles. The predicted molar refractivity (Wildman–Crippen MR) is 95.7 cm³/mol. The van der Waals surface area contributed by atoms with Crippen LogP contribution in [-0.2, 0) is 4.74 Å². The van der Waals surface area contributed by atoms with E-state index in [1.165, 1.54) is 24.0 Å². The zero-order valence-electron chi connectivity index (χ0n) is 13.9. The summed E-state index contributed by atoms with van der Waals surface area (Å²) >= 11 is 0. The van der Waals surface area contributed by atoms with E-state index in [1.54, 1.807) is 0 Å². The van der Waals surface area contributed by atoms with Gasteiger partial charge in [0.25, 0.3) is 0 Å². The Hall–Kier alpha value is -1.64. The molecule has 23 heavy (non-hydrogen) atoms. The van der Waals surface area contributed by atoms with Crippen molar-refractivity contribution in [1.82, 2.24) is 5.32 Å². The molecule has 1 heterocycles. The summed E-state index contributed by atoms with van der Waals surface area (Å²) in [5.74, 6) is 1.13. The molecule has 1 atom stereocenters. The number of nitrogens with one attached hydrogen (secondary N) is 1. The Labute approximate surface area is 139 Å². The second-order valence-corrected chi connectivity index (χ2v) is 6.55. The molecule has 1 fully saturated rings. The number of benzene rings is 2. The van der Waals surface area contributed by atoms with Crippen LogP contribution in [0.3, 0.4) is 0 Å². The minimum absolute atomic E-state index is 0.386. The molecule has 1 aliphatic heterocycles. The van der Waals surface area contributed by atoms with E-state index in [0.29, 0.717) is 12.0 Å². The molecule has 0 saturated carbocycles. The van der Waals surface area contributed by atoms with Crippen LogP contribution >= 0.6 is 0 Å². The first-order chi connectivity index (χ1) is 11.3. The minimum Gasteiger partial charge on any atom is -0.381 e. The highest BCUT2D eigenvalue weighted by Gasteiger charge is 2.22. The molecule has 0 aromatic heterocycles. The molecular weight excluding hydrogens is 282 g/mol. The molecule has 2 aromatic carbocycles. The average molecular weight is 309 g/mol. The summed E-state index contributed by atoms with van der Waals surface area (Å²) in [6.45, 7) is 5.23. The van der Waals surface area contributed by atoms with Crippen LogP contribution in [-0.4, -0.2) is 25.8 Å². The van der Waals surface area contributed by atoms with Gasteiger partial charge in [0.1, 0.15) is 0 Å². The third kappa shape index (κ3) is 4.43. The van der Waals surface area contributed by atoms with E-state index in [0.717, 1.165) is 25.7 Å². The van der Waals surface area contributed by atoms with Crippen molar-refractivity contribution in [3.63, 3.8) is 0 Å². The van der Waals surface area contributed by atoms with Gasteiger partial charge in [0.15, 0.2) is 0 Å². The standard InChI is InChI=1S/C21H27NO/c1-17(22-16-18-12-14-23-15-13-18)21(19-8-4-2-5-9-19)20-10-6-3-7-11-20/h2-11,17-18,21-22H,12-16H2,1H3. The summed E-state index contributed by atoms with van der Waals surface area (Å²) in [7, 11) is 0. The monoisotopic (exact) mass is 309 g/mol. The summed E-state index contributed by atoms with van der Waals surface area (Å²) in [6, 6.07) is 22.1. The Balaban J connectivity index is 1.72. The molecule has 1 N–H and O–H groups in total. The second kappa shape index (κ2) is 8.28. The number of hydrogen-bond donors (Lipinski definition) is 1. The van der Waals surface area contributed by atoms with E-state index in [2.05, 4.69) is 72.9 Å². The van der Waals surface area contributed by atoms with E-state index in [-0.39, 0.29) is 0 Å². The Bertz CT molecular complexity index is 523. The maximum Gasteiger partial charge on any atom is 0.0469 e. The zero-order chi connectivity index (χ0) is 15.9. The van der Waals surface area contributed by atoms with Crippen molar-refractivity contribution in [2.75, 3.05) is 19.8 Å². The third-order valence-electron chi connectivity index (χ3n) is 4.89. The Morgan fingerprint density at radius 2 is 1.43 bits per heavy atom. The van der Waals surface area contributed by atoms with Crippen LogP contribution < -0.4 is 5.32 Å². The van der Waals surface area contributed by atoms with Gasteiger partial charge in [-0.05, 0) is 43.4 Å². The normalized spacial score (nSPS) is 17.3. The minimum atomic E-state index is 0.386. The second-order valence-electron chi connectivity index (χ2n) is 6.55. The molecule has 0 amide bonds. The lowest BCUT2D eigenvalue weighted by molar-refractivity contribution is 0.0654. The fourth-order valence-electron chi connectivity index (χ4n) is 3.51. The predicted octanol–water partition coefficient (Wildman–Crippen LogP) is 4.22. The number of ether oxygens (including phenoxy) is 1. The van der Waals surface area contributed by atoms with Crippen molar-refractivity contribution in [3.05, 3.63) is 71.8 Å². The molecule has 1 aliphatic rings. The molecule has 2 heteroatoms. The van der Waals surface area contributed by atoms with Crippen molar-refractivity contribution in [3.8, 4) is 0 Å². The van der Waals surface area contributed by atoms with Gasteiger partial charge in [0.2, 0.25) is 0 Å². The van der Waals surface area contributed by atoms with E-state index >= 15 is 0 Å². The summed E-state index contributed by atoms with van der Waals surface area (Å²) in [6.07, 6.45) is 2.36. The average Bonchev–Trinajstić information content (AvgIpc) is 2.63. The first-order valence-corrected chi connectivity index (χ1v) is 8.75. The summed E-state index contributed by atoms with van der Waals surface area (Å²) in [5.41, 5.74) is 2.76. The Kier molecular flexibility index (Phi) is 5.84. The van der Waals surface area contributed by atoms with Gasteiger partial charge in [-0.1, -0.05) is 60.7 Å². The van der Waals surface area contributed by atoms with Gasteiger partial charge >= 0.3 is 0 Å². The number of rotatable bonds is 6. The molecule has 2 nitrogen and oxygen atoms in total. The van der Waals surface area contributed by atoms with Gasteiger partial charge in [-0.3, -0.25) is 0 Å². The van der Waals surface area contributed by atoms with Crippen LogP contribution in [0.5, 0.6) is 0 Å². The van der Waals surface area contributed by atoms with Crippen LogP contribution in [0.2, 0.25) is 0 Å². The van der Waals surface area contributed by atoms with Gasteiger partial charge in [0, 0.05) is 25.2 Å². The highest BCUT2D eigenvalue weighted by Crippen LogP contribution is 2.28. The van der Waals surface area contributed by atoms with E-state index in [4.69, 9.17) is 4.74 Å². The van der Waals surface area contributed by atoms with Crippen molar-refractivity contribution < 1.29 is 4.74 Å². The van der Waals surface area contributed by atoms with Crippen LogP contribution in [0.15, 0.2) is 60.7 Å². The topological polar surface area (TPSA) is 21.3 Å². The Morgan fingerprint density at radius 3 is 1.96 bits per heavy atom. The fraction of sp³-hybridized carbons (Fsp3) is 0.429. The zero-order valence-corrected chi connectivity index (χ0v) is 13.9. The Morgan fingerprint density at radius 1 is 0.913 bits per heavy atom. The quantitative estimate of drug-likeness (QED) is 0.862. The maximum absolute atomic E-state index is 5.46. The number of hydrogen-bond acceptors (Lipinski definition) is 2. The van der Waals surface area contributed by atoms with E-state index in [9.17, 15) is 0 Å². The smallest absolute Gasteiger partial charge is 0.0469 e. The van der Waals surface area contributed by atoms with Crippen LogP contribution in [0.25, 0.3) is 0 Å². The highest BCUT2D eigenvalue weighted by atomic mass is 16.5. The molecule has 1 unspecified atom stereocenters. The van der Waals surface area contributed by atoms with Gasteiger partial charge < -0.3 is 10.1 Å². The first-order valence-electron chi connectivity index (χ1n) is 8.75. The summed E-state index contributed by atoms with van der Waals surface area (Å²) < 4.78 is 5.46. The van der Waals surface area contributed by atoms with Crippen molar-refractivity contribution in [2.24, 2.45) is 5.92 Å². The lowest BCUT2D eigenvalue weighted by Gasteiger charge is -2.29. The molecule has 0 spiro atoms. The molecule has 0 aliphatic carbocycles. The third-order valence-corrected chi connectivity index (χ3v) is 4.89. The maximum atomic E-state index is 5.46. The molecule has 0 bridgehead atoms. The van der Waals surface area contributed by atoms with Crippen LogP contribution in [0, 0.1) is 5.92 Å². The summed E-state index contributed by atoms with van der Waals surface area (Å²) in [5, 5.41) is 3.79. The van der Waals surface area contributed by atoms with Crippen molar-refractivity contribution in [1.29, 1.82) is 0 Å². The lowest BCUT2D eigenvalue weighted by Crippen LogP contribution is -2.37. The first kappa shape index (κ1) is 16.2. The van der Waals surface area contributed by atoms with Crippen molar-refractivity contribution in [2.45, 2.75) is 31.7 Å². The highest BCUT2D eigenvalue weighted by molar-refractivity contribution is 5.34. The molecule has 0 radical (unpaired) electrons. The molecular formula is C21H27NO.